The van der Waals surface area contributed by atoms with Gasteiger partial charge in [0.2, 0.25) is 0 Å². The van der Waals surface area contributed by atoms with E-state index in [1.807, 2.05) is 19.9 Å². The van der Waals surface area contributed by atoms with Crippen molar-refractivity contribution >= 4 is 33.3 Å². The van der Waals surface area contributed by atoms with Gasteiger partial charge in [0.1, 0.15) is 6.10 Å². The molecule has 1 rings (SSSR count). The van der Waals surface area contributed by atoms with Crippen LogP contribution in [0.3, 0.4) is 0 Å². The Morgan fingerprint density at radius 1 is 1.50 bits per heavy atom. The highest BCUT2D eigenvalue weighted by atomic mass is 79.9. The molecule has 1 atom stereocenters. The Hall–Kier alpha value is -0.380. The van der Waals surface area contributed by atoms with Crippen LogP contribution in [-0.4, -0.2) is 17.0 Å². The molecule has 1 unspecified atom stereocenters. The fraction of sp³-hybridized carbons (Fsp3) is 0.417. The van der Waals surface area contributed by atoms with Crippen LogP contribution >= 0.6 is 27.5 Å². The predicted molar refractivity (Wildman–Crippen MR) is 68.7 cm³/mol. The van der Waals surface area contributed by atoms with E-state index in [1.54, 1.807) is 12.1 Å². The summed E-state index contributed by atoms with van der Waals surface area (Å²) in [4.78, 5) is 11.7. The maximum atomic E-state index is 11.7. The van der Waals surface area contributed by atoms with Crippen LogP contribution in [0.4, 0.5) is 0 Å². The predicted octanol–water partition coefficient (Wildman–Crippen LogP) is 3.23. The van der Waals surface area contributed by atoms with E-state index in [9.17, 15) is 9.90 Å². The summed E-state index contributed by atoms with van der Waals surface area (Å²) in [6, 6.07) is 5.36. The van der Waals surface area contributed by atoms with Crippen molar-refractivity contribution in [2.45, 2.75) is 26.4 Å². The summed E-state index contributed by atoms with van der Waals surface area (Å²) in [6.45, 7) is 3.62. The number of carbonyl (C=O) groups is 1. The summed E-state index contributed by atoms with van der Waals surface area (Å²) < 4.78 is 0.873. The summed E-state index contributed by atoms with van der Waals surface area (Å²) >= 11 is 9.29. The van der Waals surface area contributed by atoms with E-state index in [4.69, 9.17) is 11.6 Å². The standard InChI is InChI=1S/C12H14BrClO2/c1-7(2)12(16)11(15)5-8-3-4-9(13)6-10(8)14/h3-4,6-7,12,16H,5H2,1-2H3. The first kappa shape index (κ1) is 13.7. The van der Waals surface area contributed by atoms with Gasteiger partial charge in [0.15, 0.2) is 5.78 Å². The minimum Gasteiger partial charge on any atom is -0.385 e. The highest BCUT2D eigenvalue weighted by Gasteiger charge is 2.19. The maximum absolute atomic E-state index is 11.7. The second-order valence-electron chi connectivity index (χ2n) is 4.07. The molecule has 16 heavy (non-hydrogen) atoms. The highest BCUT2D eigenvalue weighted by molar-refractivity contribution is 9.10. The van der Waals surface area contributed by atoms with Gasteiger partial charge >= 0.3 is 0 Å². The molecular weight excluding hydrogens is 291 g/mol. The number of aliphatic hydroxyl groups excluding tert-OH is 1. The molecule has 4 heteroatoms. The van der Waals surface area contributed by atoms with Crippen molar-refractivity contribution in [3.63, 3.8) is 0 Å². The fourth-order valence-corrected chi connectivity index (χ4v) is 2.07. The molecule has 0 aromatic heterocycles. The molecule has 88 valence electrons. The molecule has 0 aliphatic heterocycles. The molecule has 2 nitrogen and oxygen atoms in total. The van der Waals surface area contributed by atoms with Gasteiger partial charge in [0.05, 0.1) is 0 Å². The minimum absolute atomic E-state index is 0.0678. The molecule has 0 aliphatic rings. The number of aliphatic hydroxyl groups is 1. The van der Waals surface area contributed by atoms with Crippen molar-refractivity contribution in [2.75, 3.05) is 0 Å². The molecule has 1 aromatic carbocycles. The van der Waals surface area contributed by atoms with Gasteiger partial charge in [0.25, 0.3) is 0 Å². The molecular formula is C12H14BrClO2. The van der Waals surface area contributed by atoms with Gasteiger partial charge in [-0.1, -0.05) is 47.4 Å². The van der Waals surface area contributed by atoms with Crippen molar-refractivity contribution in [1.29, 1.82) is 0 Å². The highest BCUT2D eigenvalue weighted by Crippen LogP contribution is 2.22. The molecule has 0 saturated heterocycles. The molecule has 1 N–H and O–H groups in total. The van der Waals surface area contributed by atoms with Crippen LogP contribution in [0.1, 0.15) is 19.4 Å². The van der Waals surface area contributed by atoms with Crippen molar-refractivity contribution in [3.05, 3.63) is 33.3 Å². The largest absolute Gasteiger partial charge is 0.385 e. The maximum Gasteiger partial charge on any atom is 0.165 e. The first-order valence-corrected chi connectivity index (χ1v) is 6.23. The number of rotatable bonds is 4. The molecule has 0 fully saturated rings. The molecule has 0 spiro atoms. The summed E-state index contributed by atoms with van der Waals surface area (Å²) in [5.41, 5.74) is 0.745. The van der Waals surface area contributed by atoms with Crippen LogP contribution in [0.5, 0.6) is 0 Å². The van der Waals surface area contributed by atoms with E-state index in [-0.39, 0.29) is 18.1 Å². The molecule has 0 saturated carbocycles. The Morgan fingerprint density at radius 3 is 2.62 bits per heavy atom. The quantitative estimate of drug-likeness (QED) is 0.927. The van der Waals surface area contributed by atoms with E-state index in [1.165, 1.54) is 0 Å². The van der Waals surface area contributed by atoms with Gasteiger partial charge in [0, 0.05) is 15.9 Å². The minimum atomic E-state index is -0.917. The number of carbonyl (C=O) groups excluding carboxylic acids is 1. The lowest BCUT2D eigenvalue weighted by Gasteiger charge is -2.13. The molecule has 0 amide bonds. The van der Waals surface area contributed by atoms with Gasteiger partial charge in [-0.2, -0.15) is 0 Å². The molecule has 0 heterocycles. The Labute approximate surface area is 109 Å². The number of halogens is 2. The zero-order valence-electron chi connectivity index (χ0n) is 9.21. The Morgan fingerprint density at radius 2 is 2.12 bits per heavy atom. The second kappa shape index (κ2) is 5.80. The third-order valence-electron chi connectivity index (χ3n) is 2.34. The third-order valence-corrected chi connectivity index (χ3v) is 3.19. The zero-order valence-corrected chi connectivity index (χ0v) is 11.5. The van der Waals surface area contributed by atoms with Gasteiger partial charge in [-0.3, -0.25) is 4.79 Å². The SMILES string of the molecule is CC(C)C(O)C(=O)Cc1ccc(Br)cc1Cl. The smallest absolute Gasteiger partial charge is 0.165 e. The van der Waals surface area contributed by atoms with E-state index in [0.29, 0.717) is 5.02 Å². The van der Waals surface area contributed by atoms with Gasteiger partial charge in [-0.05, 0) is 23.6 Å². The number of hydrogen-bond donors (Lipinski definition) is 1. The van der Waals surface area contributed by atoms with Gasteiger partial charge < -0.3 is 5.11 Å². The molecule has 1 aromatic rings. The van der Waals surface area contributed by atoms with Crippen LogP contribution < -0.4 is 0 Å². The molecule has 0 bridgehead atoms. The Balaban J connectivity index is 2.77. The summed E-state index contributed by atoms with van der Waals surface area (Å²) in [5, 5.41) is 10.1. The number of benzene rings is 1. The van der Waals surface area contributed by atoms with E-state index < -0.39 is 6.10 Å². The van der Waals surface area contributed by atoms with Crippen LogP contribution in [-0.2, 0) is 11.2 Å². The van der Waals surface area contributed by atoms with E-state index in [2.05, 4.69) is 15.9 Å². The summed E-state index contributed by atoms with van der Waals surface area (Å²) in [5.74, 6) is -0.263. The first-order valence-electron chi connectivity index (χ1n) is 5.06. The Bertz CT molecular complexity index is 391. The summed E-state index contributed by atoms with van der Waals surface area (Å²) in [7, 11) is 0. The number of ketones is 1. The van der Waals surface area contributed by atoms with Gasteiger partial charge in [-0.25, -0.2) is 0 Å². The first-order chi connectivity index (χ1) is 7.41. The van der Waals surface area contributed by atoms with Crippen molar-refractivity contribution in [3.8, 4) is 0 Å². The van der Waals surface area contributed by atoms with Crippen molar-refractivity contribution in [1.82, 2.24) is 0 Å². The topological polar surface area (TPSA) is 37.3 Å². The third kappa shape index (κ3) is 3.58. The van der Waals surface area contributed by atoms with Crippen molar-refractivity contribution in [2.24, 2.45) is 5.92 Å². The van der Waals surface area contributed by atoms with E-state index in [0.717, 1.165) is 10.0 Å². The normalized spacial score (nSPS) is 12.9. The summed E-state index contributed by atoms with van der Waals surface area (Å²) in [6.07, 6.45) is -0.745. The molecule has 0 aliphatic carbocycles. The lowest BCUT2D eigenvalue weighted by atomic mass is 9.98. The van der Waals surface area contributed by atoms with E-state index >= 15 is 0 Å². The second-order valence-corrected chi connectivity index (χ2v) is 5.39. The average Bonchev–Trinajstić information content (AvgIpc) is 2.20. The molecule has 0 radical (unpaired) electrons. The van der Waals surface area contributed by atoms with Crippen LogP contribution in [0.15, 0.2) is 22.7 Å². The average molecular weight is 306 g/mol. The lowest BCUT2D eigenvalue weighted by Crippen LogP contribution is -2.27. The van der Waals surface area contributed by atoms with Crippen LogP contribution in [0, 0.1) is 5.92 Å². The van der Waals surface area contributed by atoms with Crippen molar-refractivity contribution < 1.29 is 9.90 Å². The fourth-order valence-electron chi connectivity index (χ4n) is 1.33. The van der Waals surface area contributed by atoms with Crippen LogP contribution in [0.2, 0.25) is 5.02 Å². The van der Waals surface area contributed by atoms with Gasteiger partial charge in [-0.15, -0.1) is 0 Å². The Kier molecular flexibility index (Phi) is 4.96. The van der Waals surface area contributed by atoms with Crippen LogP contribution in [0.25, 0.3) is 0 Å². The lowest BCUT2D eigenvalue weighted by molar-refractivity contribution is -0.128. The zero-order chi connectivity index (χ0) is 12.3. The number of hydrogen-bond acceptors (Lipinski definition) is 2. The number of Topliss-reactive ketones (excluding diaryl/α,β-unsaturated/α-hetero) is 1. The monoisotopic (exact) mass is 304 g/mol.